The Morgan fingerprint density at radius 3 is 3.05 bits per heavy atom. The number of morpholine rings is 1. The molecule has 1 aliphatic rings. The molecule has 3 rings (SSSR count). The lowest BCUT2D eigenvalue weighted by Crippen LogP contribution is -2.45. The van der Waals surface area contributed by atoms with Crippen molar-refractivity contribution in [2.24, 2.45) is 0 Å². The van der Waals surface area contributed by atoms with Crippen LogP contribution in [-0.2, 0) is 17.7 Å². The molecule has 1 N–H and O–H groups in total. The van der Waals surface area contributed by atoms with Gasteiger partial charge in [0.05, 0.1) is 24.6 Å². The number of aromatic nitrogens is 4. The second-order valence-electron chi connectivity index (χ2n) is 5.41. The van der Waals surface area contributed by atoms with Crippen molar-refractivity contribution in [3.05, 3.63) is 41.7 Å². The Kier molecular flexibility index (Phi) is 4.57. The fourth-order valence-electron chi connectivity index (χ4n) is 2.74. The molecule has 1 fully saturated rings. The molecule has 0 radical (unpaired) electrons. The summed E-state index contributed by atoms with van der Waals surface area (Å²) in [6, 6.07) is 2.45. The first-order chi connectivity index (χ1) is 10.3. The molecule has 0 aromatic carbocycles. The lowest BCUT2D eigenvalue weighted by molar-refractivity contribution is -0.0149. The minimum absolute atomic E-state index is 0.420. The molecule has 3 heterocycles. The first-order valence-electron chi connectivity index (χ1n) is 7.39. The zero-order chi connectivity index (χ0) is 14.5. The third-order valence-corrected chi connectivity index (χ3v) is 3.98. The molecule has 112 valence electrons. The van der Waals surface area contributed by atoms with E-state index in [9.17, 15) is 0 Å². The van der Waals surface area contributed by atoms with Crippen molar-refractivity contribution in [3.63, 3.8) is 0 Å². The maximum atomic E-state index is 5.65. The van der Waals surface area contributed by atoms with Gasteiger partial charge in [-0.1, -0.05) is 0 Å². The normalized spacial score (nSPS) is 19.8. The zero-order valence-corrected chi connectivity index (χ0v) is 12.3. The quantitative estimate of drug-likeness (QED) is 0.899. The van der Waals surface area contributed by atoms with E-state index in [0.717, 1.165) is 56.2 Å². The van der Waals surface area contributed by atoms with E-state index < -0.39 is 0 Å². The summed E-state index contributed by atoms with van der Waals surface area (Å²) in [6.45, 7) is 5.46. The van der Waals surface area contributed by atoms with Gasteiger partial charge >= 0.3 is 0 Å². The third-order valence-electron chi connectivity index (χ3n) is 3.98. The van der Waals surface area contributed by atoms with E-state index in [4.69, 9.17) is 4.74 Å². The van der Waals surface area contributed by atoms with Gasteiger partial charge in [-0.3, -0.25) is 20.0 Å². The average Bonchev–Trinajstić information content (AvgIpc) is 3.01. The van der Waals surface area contributed by atoms with Crippen LogP contribution in [0.25, 0.3) is 0 Å². The van der Waals surface area contributed by atoms with E-state index >= 15 is 0 Å². The van der Waals surface area contributed by atoms with Crippen LogP contribution in [0.4, 0.5) is 0 Å². The summed E-state index contributed by atoms with van der Waals surface area (Å²) >= 11 is 0. The van der Waals surface area contributed by atoms with Crippen LogP contribution in [0.3, 0.4) is 0 Å². The van der Waals surface area contributed by atoms with Crippen LogP contribution in [0.1, 0.15) is 23.5 Å². The molecule has 6 nitrogen and oxygen atoms in total. The van der Waals surface area contributed by atoms with E-state index in [-0.39, 0.29) is 0 Å². The third kappa shape index (κ3) is 3.65. The summed E-state index contributed by atoms with van der Waals surface area (Å²) in [7, 11) is 0. The highest BCUT2D eigenvalue weighted by atomic mass is 16.5. The van der Waals surface area contributed by atoms with Gasteiger partial charge in [0.1, 0.15) is 0 Å². The topological polar surface area (TPSA) is 66.9 Å². The van der Waals surface area contributed by atoms with Crippen molar-refractivity contribution >= 4 is 0 Å². The van der Waals surface area contributed by atoms with E-state index in [2.05, 4.69) is 25.1 Å². The summed E-state index contributed by atoms with van der Waals surface area (Å²) in [5.41, 5.74) is 3.26. The Hall–Kier alpha value is -1.79. The maximum absolute atomic E-state index is 5.65. The molecule has 2 aromatic rings. The molecule has 6 heteroatoms. The molecule has 0 aliphatic carbocycles. The standard InChI is InChI=1S/C15H21N5O/c1-12-15(17-7-6-16-12)3-2-14-11-21-9-8-20(14)10-13-4-5-18-19-13/h4-7,14H,2-3,8-11H2,1H3,(H,18,19). The number of hydrogen-bond donors (Lipinski definition) is 1. The Bertz CT molecular complexity index is 557. The maximum Gasteiger partial charge on any atom is 0.0622 e. The number of ether oxygens (including phenoxy) is 1. The predicted molar refractivity (Wildman–Crippen MR) is 78.7 cm³/mol. The largest absolute Gasteiger partial charge is 0.378 e. The van der Waals surface area contributed by atoms with Gasteiger partial charge in [0.25, 0.3) is 0 Å². The van der Waals surface area contributed by atoms with Crippen LogP contribution in [-0.4, -0.2) is 50.9 Å². The van der Waals surface area contributed by atoms with Crippen LogP contribution in [0.2, 0.25) is 0 Å². The van der Waals surface area contributed by atoms with Crippen LogP contribution >= 0.6 is 0 Å². The molecule has 1 atom stereocenters. The van der Waals surface area contributed by atoms with Gasteiger partial charge < -0.3 is 4.74 Å². The second-order valence-corrected chi connectivity index (χ2v) is 5.41. The van der Waals surface area contributed by atoms with Gasteiger partial charge in [-0.25, -0.2) is 0 Å². The molecule has 1 saturated heterocycles. The summed E-state index contributed by atoms with van der Waals surface area (Å²) in [6.07, 6.45) is 7.28. The first kappa shape index (κ1) is 14.2. The second kappa shape index (κ2) is 6.78. The van der Waals surface area contributed by atoms with Gasteiger partial charge in [0.2, 0.25) is 0 Å². The molecule has 1 unspecified atom stereocenters. The molecule has 0 spiro atoms. The van der Waals surface area contributed by atoms with Crippen LogP contribution in [0.15, 0.2) is 24.7 Å². The smallest absolute Gasteiger partial charge is 0.0622 e. The van der Waals surface area contributed by atoms with Crippen molar-refractivity contribution in [3.8, 4) is 0 Å². The number of nitrogens with one attached hydrogen (secondary N) is 1. The molecule has 2 aromatic heterocycles. The average molecular weight is 287 g/mol. The molecule has 1 aliphatic heterocycles. The predicted octanol–water partition coefficient (Wildman–Crippen LogP) is 1.34. The molecular weight excluding hydrogens is 266 g/mol. The summed E-state index contributed by atoms with van der Waals surface area (Å²) in [5.74, 6) is 0. The number of H-pyrrole nitrogens is 1. The fraction of sp³-hybridized carbons (Fsp3) is 0.533. The van der Waals surface area contributed by atoms with Gasteiger partial charge in [-0.2, -0.15) is 5.10 Å². The summed E-state index contributed by atoms with van der Waals surface area (Å²) < 4.78 is 5.65. The van der Waals surface area contributed by atoms with Crippen LogP contribution < -0.4 is 0 Å². The molecule has 0 amide bonds. The van der Waals surface area contributed by atoms with Gasteiger partial charge in [-0.05, 0) is 25.8 Å². The Balaban J connectivity index is 1.60. The minimum atomic E-state index is 0.420. The highest BCUT2D eigenvalue weighted by Gasteiger charge is 2.23. The molecular formula is C15H21N5O. The van der Waals surface area contributed by atoms with Crippen molar-refractivity contribution in [2.45, 2.75) is 32.4 Å². The number of nitrogens with zero attached hydrogens (tertiary/aromatic N) is 4. The monoisotopic (exact) mass is 287 g/mol. The lowest BCUT2D eigenvalue weighted by Gasteiger charge is -2.35. The Labute approximate surface area is 124 Å². The molecule has 0 bridgehead atoms. The SMILES string of the molecule is Cc1nccnc1CCC1COCCN1Cc1ccn[nH]1. The van der Waals surface area contributed by atoms with Crippen molar-refractivity contribution in [2.75, 3.05) is 19.8 Å². The number of rotatable bonds is 5. The fourth-order valence-corrected chi connectivity index (χ4v) is 2.74. The van der Waals surface area contributed by atoms with E-state index in [1.807, 2.05) is 13.0 Å². The Morgan fingerprint density at radius 1 is 1.33 bits per heavy atom. The molecule has 21 heavy (non-hydrogen) atoms. The van der Waals surface area contributed by atoms with Gasteiger partial charge in [-0.15, -0.1) is 0 Å². The highest BCUT2D eigenvalue weighted by molar-refractivity contribution is 5.08. The minimum Gasteiger partial charge on any atom is -0.378 e. The number of aromatic amines is 1. The van der Waals surface area contributed by atoms with Gasteiger partial charge in [0, 0.05) is 43.4 Å². The Morgan fingerprint density at radius 2 is 2.24 bits per heavy atom. The number of hydrogen-bond acceptors (Lipinski definition) is 5. The van der Waals surface area contributed by atoms with E-state index in [1.165, 1.54) is 0 Å². The van der Waals surface area contributed by atoms with E-state index in [0.29, 0.717) is 6.04 Å². The first-order valence-corrected chi connectivity index (χ1v) is 7.39. The summed E-state index contributed by atoms with van der Waals surface area (Å²) in [4.78, 5) is 11.2. The van der Waals surface area contributed by atoms with Crippen LogP contribution in [0, 0.1) is 6.92 Å². The van der Waals surface area contributed by atoms with Crippen molar-refractivity contribution < 1.29 is 4.74 Å². The highest BCUT2D eigenvalue weighted by Crippen LogP contribution is 2.16. The van der Waals surface area contributed by atoms with Crippen molar-refractivity contribution in [1.82, 2.24) is 25.1 Å². The van der Waals surface area contributed by atoms with Gasteiger partial charge in [0.15, 0.2) is 0 Å². The summed E-state index contributed by atoms with van der Waals surface area (Å²) in [5, 5.41) is 7.05. The zero-order valence-electron chi connectivity index (χ0n) is 12.3. The van der Waals surface area contributed by atoms with E-state index in [1.54, 1.807) is 18.6 Å². The number of aryl methyl sites for hydroxylation is 2. The van der Waals surface area contributed by atoms with Crippen LogP contribution in [0.5, 0.6) is 0 Å². The molecule has 0 saturated carbocycles. The lowest BCUT2D eigenvalue weighted by atomic mass is 10.1. The van der Waals surface area contributed by atoms with Crippen molar-refractivity contribution in [1.29, 1.82) is 0 Å².